The summed E-state index contributed by atoms with van der Waals surface area (Å²) in [4.78, 5) is 37.9. The van der Waals surface area contributed by atoms with Crippen LogP contribution >= 0.6 is 0 Å². The summed E-state index contributed by atoms with van der Waals surface area (Å²) in [6.07, 6.45) is 5.35. The highest BCUT2D eigenvalue weighted by Crippen LogP contribution is 2.09. The van der Waals surface area contributed by atoms with Gasteiger partial charge in [0.25, 0.3) is 0 Å². The van der Waals surface area contributed by atoms with Crippen molar-refractivity contribution >= 4 is 17.7 Å². The van der Waals surface area contributed by atoms with Crippen molar-refractivity contribution in [1.82, 2.24) is 16.0 Å². The van der Waals surface area contributed by atoms with Crippen molar-refractivity contribution in [2.45, 2.75) is 70.9 Å². The van der Waals surface area contributed by atoms with Crippen LogP contribution in [0.4, 0.5) is 8.78 Å². The van der Waals surface area contributed by atoms with Crippen LogP contribution in [0.15, 0.2) is 48.5 Å². The lowest BCUT2D eigenvalue weighted by Crippen LogP contribution is -2.53. The second kappa shape index (κ2) is 14.9. The Morgan fingerprint density at radius 1 is 0.829 bits per heavy atom. The van der Waals surface area contributed by atoms with Gasteiger partial charge in [0.1, 0.15) is 23.7 Å². The third-order valence-electron chi connectivity index (χ3n) is 5.55. The first-order valence-electron chi connectivity index (χ1n) is 12.1. The lowest BCUT2D eigenvalue weighted by atomic mass is 10.0. The van der Waals surface area contributed by atoms with E-state index in [0.29, 0.717) is 13.0 Å². The molecule has 0 aliphatic carbocycles. The van der Waals surface area contributed by atoms with Crippen LogP contribution in [-0.2, 0) is 27.2 Å². The summed E-state index contributed by atoms with van der Waals surface area (Å²) in [5.74, 6) is -2.93. The minimum absolute atomic E-state index is 0.160. The molecule has 0 fully saturated rings. The Morgan fingerprint density at radius 3 is 2.14 bits per heavy atom. The molecule has 8 heteroatoms. The van der Waals surface area contributed by atoms with E-state index in [1.807, 2.05) is 30.3 Å². The number of carbonyl (C=O) groups is 3. The van der Waals surface area contributed by atoms with Gasteiger partial charge in [0.2, 0.25) is 17.7 Å². The van der Waals surface area contributed by atoms with Gasteiger partial charge in [0, 0.05) is 19.0 Å². The van der Waals surface area contributed by atoms with Crippen molar-refractivity contribution in [2.75, 3.05) is 6.54 Å². The minimum atomic E-state index is -0.943. The number of carbonyl (C=O) groups excluding carboxylic acids is 3. The molecule has 0 saturated heterocycles. The van der Waals surface area contributed by atoms with Gasteiger partial charge in [0.15, 0.2) is 0 Å². The molecule has 190 valence electrons. The fourth-order valence-electron chi connectivity index (χ4n) is 3.68. The van der Waals surface area contributed by atoms with Crippen LogP contribution in [0.25, 0.3) is 0 Å². The standard InChI is InChI=1S/C27H35F2N3O3/c1-3-4-5-6-10-13-30-27(35)24(16-20-11-8-7-9-12-20)32-26(34)19(2)31-25(33)17-21-14-22(28)18-23(29)15-21/h7-9,11-12,14-15,18-19,24H,3-6,10,13,16-17H2,1-2H3,(H,30,35)(H,31,33)(H,32,34)/t19-,24-/m0/s1. The molecular formula is C27H35F2N3O3. The maximum Gasteiger partial charge on any atom is 0.242 e. The lowest BCUT2D eigenvalue weighted by molar-refractivity contribution is -0.131. The number of halogens is 2. The Hall–Kier alpha value is -3.29. The zero-order valence-corrected chi connectivity index (χ0v) is 20.4. The third kappa shape index (κ3) is 10.7. The summed E-state index contributed by atoms with van der Waals surface area (Å²) >= 11 is 0. The van der Waals surface area contributed by atoms with Crippen LogP contribution < -0.4 is 16.0 Å². The van der Waals surface area contributed by atoms with Gasteiger partial charge >= 0.3 is 0 Å². The van der Waals surface area contributed by atoms with E-state index in [0.717, 1.165) is 49.4 Å². The molecule has 0 radical (unpaired) electrons. The molecule has 3 N–H and O–H groups in total. The predicted octanol–water partition coefficient (Wildman–Crippen LogP) is 3.83. The molecule has 0 aliphatic heterocycles. The number of nitrogens with one attached hydrogen (secondary N) is 3. The zero-order chi connectivity index (χ0) is 25.6. The summed E-state index contributed by atoms with van der Waals surface area (Å²) in [5, 5.41) is 8.14. The number of benzene rings is 2. The third-order valence-corrected chi connectivity index (χ3v) is 5.55. The number of hydrogen-bond donors (Lipinski definition) is 3. The van der Waals surface area contributed by atoms with Gasteiger partial charge in [-0.15, -0.1) is 0 Å². The highest BCUT2D eigenvalue weighted by atomic mass is 19.1. The summed E-state index contributed by atoms with van der Waals surface area (Å²) in [6, 6.07) is 10.4. The van der Waals surface area contributed by atoms with Gasteiger partial charge < -0.3 is 16.0 Å². The molecule has 0 saturated carbocycles. The smallest absolute Gasteiger partial charge is 0.242 e. The Bertz CT molecular complexity index is 949. The zero-order valence-electron chi connectivity index (χ0n) is 20.4. The van der Waals surface area contributed by atoms with E-state index in [-0.39, 0.29) is 17.9 Å². The molecule has 0 heterocycles. The molecule has 0 bridgehead atoms. The molecule has 2 atom stereocenters. The van der Waals surface area contributed by atoms with E-state index in [2.05, 4.69) is 22.9 Å². The van der Waals surface area contributed by atoms with Gasteiger partial charge in [-0.1, -0.05) is 62.9 Å². The first-order chi connectivity index (χ1) is 16.8. The van der Waals surface area contributed by atoms with Crippen molar-refractivity contribution in [1.29, 1.82) is 0 Å². The molecule has 2 rings (SSSR count). The maximum absolute atomic E-state index is 13.4. The fourth-order valence-corrected chi connectivity index (χ4v) is 3.68. The van der Waals surface area contributed by atoms with Crippen LogP contribution in [-0.4, -0.2) is 36.3 Å². The van der Waals surface area contributed by atoms with E-state index < -0.39 is 35.5 Å². The topological polar surface area (TPSA) is 87.3 Å². The number of unbranched alkanes of at least 4 members (excludes halogenated alkanes) is 4. The lowest BCUT2D eigenvalue weighted by Gasteiger charge is -2.21. The van der Waals surface area contributed by atoms with Crippen LogP contribution in [0.1, 0.15) is 57.1 Å². The maximum atomic E-state index is 13.4. The van der Waals surface area contributed by atoms with Crippen LogP contribution in [0, 0.1) is 11.6 Å². The van der Waals surface area contributed by atoms with Crippen molar-refractivity contribution in [3.8, 4) is 0 Å². The first kappa shape index (κ1) is 28.0. The Balaban J connectivity index is 1.93. The molecule has 0 spiro atoms. The first-order valence-corrected chi connectivity index (χ1v) is 12.1. The number of amides is 3. The SMILES string of the molecule is CCCCCCCNC(=O)[C@H](Cc1ccccc1)NC(=O)[C@H](C)NC(=O)Cc1cc(F)cc(F)c1. The van der Waals surface area contributed by atoms with Gasteiger partial charge in [-0.05, 0) is 36.6 Å². The summed E-state index contributed by atoms with van der Waals surface area (Å²) in [6.45, 7) is 4.16. The van der Waals surface area contributed by atoms with Crippen LogP contribution in [0.3, 0.4) is 0 Å². The average Bonchev–Trinajstić information content (AvgIpc) is 2.80. The number of hydrogen-bond acceptors (Lipinski definition) is 3. The Morgan fingerprint density at radius 2 is 1.49 bits per heavy atom. The van der Waals surface area contributed by atoms with E-state index in [4.69, 9.17) is 0 Å². The summed E-state index contributed by atoms with van der Waals surface area (Å²) < 4.78 is 26.7. The molecular weight excluding hydrogens is 452 g/mol. The Kier molecular flexibility index (Phi) is 11.9. The van der Waals surface area contributed by atoms with Crippen molar-refractivity contribution < 1.29 is 23.2 Å². The molecule has 2 aromatic rings. The Labute approximate surface area is 205 Å². The molecule has 6 nitrogen and oxygen atoms in total. The van der Waals surface area contributed by atoms with Gasteiger partial charge in [0.05, 0.1) is 6.42 Å². The fraction of sp³-hybridized carbons (Fsp3) is 0.444. The quantitative estimate of drug-likeness (QED) is 0.354. The highest BCUT2D eigenvalue weighted by molar-refractivity contribution is 5.92. The average molecular weight is 488 g/mol. The monoisotopic (exact) mass is 487 g/mol. The molecule has 3 amide bonds. The van der Waals surface area contributed by atoms with E-state index in [9.17, 15) is 23.2 Å². The van der Waals surface area contributed by atoms with Crippen molar-refractivity contribution in [3.63, 3.8) is 0 Å². The second-order valence-electron chi connectivity index (χ2n) is 8.70. The molecule has 2 aromatic carbocycles. The second-order valence-corrected chi connectivity index (χ2v) is 8.70. The molecule has 0 unspecified atom stereocenters. The van der Waals surface area contributed by atoms with E-state index in [1.54, 1.807) is 0 Å². The van der Waals surface area contributed by atoms with Crippen molar-refractivity contribution in [3.05, 3.63) is 71.3 Å². The molecule has 35 heavy (non-hydrogen) atoms. The van der Waals surface area contributed by atoms with Gasteiger partial charge in [-0.2, -0.15) is 0 Å². The van der Waals surface area contributed by atoms with E-state index in [1.165, 1.54) is 13.3 Å². The van der Waals surface area contributed by atoms with Crippen LogP contribution in [0.2, 0.25) is 0 Å². The molecule has 0 aromatic heterocycles. The number of rotatable bonds is 14. The normalized spacial score (nSPS) is 12.5. The van der Waals surface area contributed by atoms with E-state index >= 15 is 0 Å². The van der Waals surface area contributed by atoms with Gasteiger partial charge in [-0.25, -0.2) is 8.78 Å². The highest BCUT2D eigenvalue weighted by Gasteiger charge is 2.24. The van der Waals surface area contributed by atoms with Gasteiger partial charge in [-0.3, -0.25) is 14.4 Å². The molecule has 0 aliphatic rings. The minimum Gasteiger partial charge on any atom is -0.354 e. The van der Waals surface area contributed by atoms with Crippen molar-refractivity contribution in [2.24, 2.45) is 0 Å². The summed E-state index contributed by atoms with van der Waals surface area (Å²) in [7, 11) is 0. The predicted molar refractivity (Wildman–Crippen MR) is 132 cm³/mol. The van der Waals surface area contributed by atoms with Crippen LogP contribution in [0.5, 0.6) is 0 Å². The largest absolute Gasteiger partial charge is 0.354 e. The summed E-state index contributed by atoms with van der Waals surface area (Å²) in [5.41, 5.74) is 1.05.